The molecule has 25 heavy (non-hydrogen) atoms. The highest BCUT2D eigenvalue weighted by molar-refractivity contribution is 8.42. The Morgan fingerprint density at radius 1 is 0.720 bits per heavy atom. The molecule has 0 atom stereocenters. The van der Waals surface area contributed by atoms with Gasteiger partial charge >= 0.3 is 10.5 Å². The van der Waals surface area contributed by atoms with Crippen LogP contribution in [-0.2, 0) is 0 Å². The summed E-state index contributed by atoms with van der Waals surface area (Å²) in [6.07, 6.45) is 9.97. The maximum absolute atomic E-state index is 11.8. The first-order chi connectivity index (χ1) is 11.4. The molecule has 0 aromatic heterocycles. The summed E-state index contributed by atoms with van der Waals surface area (Å²) in [5.41, 5.74) is 0.652. The van der Waals surface area contributed by atoms with E-state index in [-0.39, 0.29) is 0 Å². The molecule has 0 fully saturated rings. The Balaban J connectivity index is 0. The normalized spacial score (nSPS) is 13.4. The molecule has 0 aliphatic rings. The summed E-state index contributed by atoms with van der Waals surface area (Å²) in [7, 11) is -9.81. The molecular weight excluding hydrogens is 359 g/mol. The van der Waals surface area contributed by atoms with Crippen LogP contribution in [0.25, 0.3) is 0 Å². The van der Waals surface area contributed by atoms with Gasteiger partial charge < -0.3 is 4.18 Å². The first-order valence-corrected chi connectivity index (χ1v) is 10.8. The standard InChI is InChI=1S/C9H20.C7H7F5OS.C2H6/c1-3-5-7-9-8-6-4-2;1-6-2-4-7(5-3-6)13-14(8,9,10,11)12;1-2/h3-9H2,1-2H3;2-5H,1H3;1-2H3. The van der Waals surface area contributed by atoms with Crippen molar-refractivity contribution in [2.75, 3.05) is 0 Å². The largest absolute Gasteiger partial charge is 0.435 e. The van der Waals surface area contributed by atoms with E-state index in [9.17, 15) is 19.4 Å². The van der Waals surface area contributed by atoms with Crippen molar-refractivity contribution in [1.29, 1.82) is 0 Å². The molecule has 0 spiro atoms. The number of benzene rings is 1. The summed E-state index contributed by atoms with van der Waals surface area (Å²) in [6.45, 7) is 10.1. The predicted molar refractivity (Wildman–Crippen MR) is 100.0 cm³/mol. The minimum atomic E-state index is -9.81. The Bertz CT molecular complexity index is 436. The van der Waals surface area contributed by atoms with Crippen molar-refractivity contribution in [2.45, 2.75) is 79.6 Å². The molecule has 0 saturated heterocycles. The molecule has 0 aliphatic carbocycles. The molecule has 0 unspecified atom stereocenters. The SMILES string of the molecule is CC.CCCCCCCCC.Cc1ccc(OS(F)(F)(F)(F)F)cc1. The van der Waals surface area contributed by atoms with Gasteiger partial charge in [0.2, 0.25) is 0 Å². The van der Waals surface area contributed by atoms with Crippen LogP contribution in [0.1, 0.15) is 78.2 Å². The van der Waals surface area contributed by atoms with E-state index in [1.54, 1.807) is 6.92 Å². The van der Waals surface area contributed by atoms with Crippen LogP contribution in [0.5, 0.6) is 5.75 Å². The molecule has 0 N–H and O–H groups in total. The van der Waals surface area contributed by atoms with Gasteiger partial charge in [-0.05, 0) is 19.1 Å². The van der Waals surface area contributed by atoms with Crippen LogP contribution in [0.4, 0.5) is 19.4 Å². The lowest BCUT2D eigenvalue weighted by molar-refractivity contribution is 0.243. The van der Waals surface area contributed by atoms with Crippen molar-refractivity contribution in [3.8, 4) is 5.75 Å². The molecule has 0 aliphatic heterocycles. The summed E-state index contributed by atoms with van der Waals surface area (Å²) in [5, 5.41) is 0. The molecule has 1 nitrogen and oxygen atoms in total. The number of aryl methyl sites for hydroxylation is 1. The Kier molecular flexibility index (Phi) is 11.4. The third-order valence-corrected chi connectivity index (χ3v) is 3.49. The highest BCUT2D eigenvalue weighted by Crippen LogP contribution is 2.97. The van der Waals surface area contributed by atoms with Crippen LogP contribution in [-0.4, -0.2) is 0 Å². The lowest BCUT2D eigenvalue weighted by Gasteiger charge is -2.39. The van der Waals surface area contributed by atoms with Gasteiger partial charge in [0.05, 0.1) is 0 Å². The highest BCUT2D eigenvalue weighted by Gasteiger charge is 2.67. The Morgan fingerprint density at radius 2 is 1.08 bits per heavy atom. The second kappa shape index (κ2) is 10.9. The molecule has 0 bridgehead atoms. The number of hydrogen-bond acceptors (Lipinski definition) is 1. The van der Waals surface area contributed by atoms with E-state index in [0.29, 0.717) is 5.56 Å². The van der Waals surface area contributed by atoms with Gasteiger partial charge in [-0.15, -0.1) is 0 Å². The van der Waals surface area contributed by atoms with Crippen molar-refractivity contribution in [3.63, 3.8) is 0 Å². The predicted octanol–water partition coefficient (Wildman–Crippen LogP) is 9.37. The van der Waals surface area contributed by atoms with E-state index in [0.717, 1.165) is 12.1 Å². The average molecular weight is 393 g/mol. The Hall–Kier alpha value is -0.980. The molecule has 1 aromatic rings. The molecule has 0 saturated carbocycles. The fraction of sp³-hybridized carbons (Fsp3) is 0.667. The second-order valence-corrected chi connectivity index (χ2v) is 7.53. The third-order valence-electron chi connectivity index (χ3n) is 2.98. The lowest BCUT2D eigenvalue weighted by Crippen LogP contribution is -2.13. The lowest BCUT2D eigenvalue weighted by atomic mass is 10.1. The molecule has 0 amide bonds. The Labute approximate surface area is 149 Å². The topological polar surface area (TPSA) is 9.23 Å². The number of hydrogen-bond donors (Lipinski definition) is 0. The first kappa shape index (κ1) is 26.3. The van der Waals surface area contributed by atoms with Crippen molar-refractivity contribution < 1.29 is 23.6 Å². The molecular formula is C18H33F5OS. The van der Waals surface area contributed by atoms with Crippen molar-refractivity contribution in [1.82, 2.24) is 0 Å². The molecule has 1 rings (SSSR count). The summed E-state index contributed by atoms with van der Waals surface area (Å²) in [5.74, 6) is -0.908. The first-order valence-electron chi connectivity index (χ1n) is 8.88. The van der Waals surface area contributed by atoms with E-state index in [1.165, 1.54) is 57.1 Å². The highest BCUT2D eigenvalue weighted by atomic mass is 32.5. The number of unbranched alkanes of at least 4 members (excludes halogenated alkanes) is 6. The van der Waals surface area contributed by atoms with Crippen molar-refractivity contribution >= 4 is 10.5 Å². The van der Waals surface area contributed by atoms with Gasteiger partial charge in [0.1, 0.15) is 5.75 Å². The summed E-state index contributed by atoms with van der Waals surface area (Å²) >= 11 is 0. The molecule has 1 aromatic carbocycles. The molecule has 152 valence electrons. The zero-order valence-electron chi connectivity index (χ0n) is 16.0. The molecule has 0 radical (unpaired) electrons. The number of halogens is 5. The molecule has 7 heteroatoms. The maximum Gasteiger partial charge on any atom is 0.435 e. The van der Waals surface area contributed by atoms with E-state index < -0.39 is 16.3 Å². The fourth-order valence-corrected chi connectivity index (χ4v) is 2.28. The summed E-state index contributed by atoms with van der Waals surface area (Å²) in [4.78, 5) is 0. The van der Waals surface area contributed by atoms with Crippen LogP contribution < -0.4 is 4.18 Å². The van der Waals surface area contributed by atoms with Crippen LogP contribution in [0, 0.1) is 6.92 Å². The summed E-state index contributed by atoms with van der Waals surface area (Å²) in [6, 6.07) is 4.18. The monoisotopic (exact) mass is 392 g/mol. The minimum Gasteiger partial charge on any atom is -0.355 e. The third kappa shape index (κ3) is 21.0. The van der Waals surface area contributed by atoms with E-state index >= 15 is 0 Å². The van der Waals surface area contributed by atoms with Crippen molar-refractivity contribution in [2.24, 2.45) is 0 Å². The Morgan fingerprint density at radius 3 is 1.40 bits per heavy atom. The van der Waals surface area contributed by atoms with Crippen LogP contribution in [0.3, 0.4) is 0 Å². The average Bonchev–Trinajstić information content (AvgIpc) is 2.50. The van der Waals surface area contributed by atoms with E-state index in [4.69, 9.17) is 0 Å². The fourth-order valence-electron chi connectivity index (χ4n) is 1.81. The zero-order chi connectivity index (χ0) is 20.0. The minimum absolute atomic E-state index is 0.652. The second-order valence-electron chi connectivity index (χ2n) is 5.56. The zero-order valence-corrected chi connectivity index (χ0v) is 16.8. The van der Waals surface area contributed by atoms with Crippen LogP contribution in [0.15, 0.2) is 24.3 Å². The van der Waals surface area contributed by atoms with Crippen LogP contribution >= 0.6 is 10.5 Å². The summed E-state index contributed by atoms with van der Waals surface area (Å²) < 4.78 is 61.7. The van der Waals surface area contributed by atoms with Gasteiger partial charge in [-0.25, -0.2) is 0 Å². The van der Waals surface area contributed by atoms with Gasteiger partial charge in [-0.3, -0.25) is 0 Å². The van der Waals surface area contributed by atoms with Gasteiger partial charge in [-0.2, -0.15) is 0 Å². The maximum atomic E-state index is 11.8. The number of rotatable bonds is 8. The van der Waals surface area contributed by atoms with Gasteiger partial charge in [0.25, 0.3) is 0 Å². The smallest absolute Gasteiger partial charge is 0.355 e. The van der Waals surface area contributed by atoms with Gasteiger partial charge in [-0.1, -0.05) is 110 Å². The van der Waals surface area contributed by atoms with E-state index in [1.807, 2.05) is 13.8 Å². The van der Waals surface area contributed by atoms with Gasteiger partial charge in [0.15, 0.2) is 0 Å². The van der Waals surface area contributed by atoms with Gasteiger partial charge in [0, 0.05) is 0 Å². The van der Waals surface area contributed by atoms with Crippen molar-refractivity contribution in [3.05, 3.63) is 29.8 Å². The quantitative estimate of drug-likeness (QED) is 0.316. The van der Waals surface area contributed by atoms with E-state index in [2.05, 4.69) is 18.0 Å². The molecule has 0 heterocycles. The van der Waals surface area contributed by atoms with Crippen LogP contribution in [0.2, 0.25) is 0 Å².